The van der Waals surface area contributed by atoms with Crippen molar-refractivity contribution in [2.45, 2.75) is 38.5 Å². The number of ether oxygens (including phenoxy) is 1. The van der Waals surface area contributed by atoms with Crippen molar-refractivity contribution < 1.29 is 18.6 Å². The number of anilines is 1. The van der Waals surface area contributed by atoms with Gasteiger partial charge in [-0.2, -0.15) is 4.98 Å². The lowest BCUT2D eigenvalue weighted by Crippen LogP contribution is -2.51. The Balaban J connectivity index is 1.45. The smallest absolute Gasteiger partial charge is 0.219 e. The number of halogens is 2. The molecule has 2 fully saturated rings. The number of phenols is 1. The number of hydrogen-bond donors (Lipinski definition) is 2. The normalized spacial score (nSPS) is 18.0. The molecule has 5 heterocycles. The van der Waals surface area contributed by atoms with E-state index < -0.39 is 11.6 Å². The second-order valence-corrected chi connectivity index (χ2v) is 10.8. The molecule has 10 heteroatoms. The lowest BCUT2D eigenvalue weighted by molar-refractivity contribution is 0.291. The lowest BCUT2D eigenvalue weighted by Gasteiger charge is -2.34. The SMILES string of the molecule is C#Cc1c(F)ccc2cc(O)cc(-c3ncc4c(N5CC6CCC(C5)N6)nc(OCc5cncnc5)c(C)c4c3F)c12. The van der Waals surface area contributed by atoms with Crippen LogP contribution in [0.15, 0.2) is 49.2 Å². The molecular weight excluding hydrogens is 538 g/mol. The van der Waals surface area contributed by atoms with Crippen molar-refractivity contribution in [3.63, 3.8) is 0 Å². The van der Waals surface area contributed by atoms with Gasteiger partial charge in [-0.05, 0) is 43.4 Å². The zero-order valence-electron chi connectivity index (χ0n) is 22.7. The van der Waals surface area contributed by atoms with E-state index in [1.165, 1.54) is 30.6 Å². The molecule has 7 rings (SSSR count). The Kier molecular flexibility index (Phi) is 6.32. The Morgan fingerprint density at radius 1 is 1.10 bits per heavy atom. The third-order valence-corrected chi connectivity index (χ3v) is 8.12. The summed E-state index contributed by atoms with van der Waals surface area (Å²) in [6, 6.07) is 6.19. The van der Waals surface area contributed by atoms with Gasteiger partial charge < -0.3 is 20.1 Å². The molecule has 2 aliphatic heterocycles. The molecule has 2 aromatic carbocycles. The number of rotatable bonds is 5. The minimum atomic E-state index is -0.640. The Labute approximate surface area is 240 Å². The number of aryl methyl sites for hydroxylation is 1. The van der Waals surface area contributed by atoms with Gasteiger partial charge in [0.25, 0.3) is 0 Å². The minimum Gasteiger partial charge on any atom is -0.508 e. The van der Waals surface area contributed by atoms with Gasteiger partial charge in [0.05, 0.1) is 5.56 Å². The van der Waals surface area contributed by atoms with Crippen LogP contribution in [0.1, 0.15) is 29.5 Å². The molecular formula is C32H26F2N6O2. The lowest BCUT2D eigenvalue weighted by atomic mass is 9.95. The van der Waals surface area contributed by atoms with Crippen LogP contribution >= 0.6 is 0 Å². The van der Waals surface area contributed by atoms with E-state index in [-0.39, 0.29) is 40.4 Å². The summed E-state index contributed by atoms with van der Waals surface area (Å²) in [5.41, 5.74) is 1.33. The van der Waals surface area contributed by atoms with Crippen molar-refractivity contribution in [1.82, 2.24) is 25.3 Å². The van der Waals surface area contributed by atoms with Gasteiger partial charge in [-0.25, -0.2) is 18.7 Å². The van der Waals surface area contributed by atoms with Crippen LogP contribution in [-0.4, -0.2) is 50.2 Å². The summed E-state index contributed by atoms with van der Waals surface area (Å²) in [7, 11) is 0. The Hall–Kier alpha value is -4.88. The average Bonchev–Trinajstić information content (AvgIpc) is 3.34. The zero-order chi connectivity index (χ0) is 29.0. The highest BCUT2D eigenvalue weighted by molar-refractivity contribution is 6.04. The van der Waals surface area contributed by atoms with Gasteiger partial charge in [0, 0.05) is 76.6 Å². The van der Waals surface area contributed by atoms with Crippen LogP contribution in [0, 0.1) is 30.9 Å². The number of benzene rings is 2. The van der Waals surface area contributed by atoms with Gasteiger partial charge in [-0.15, -0.1) is 6.42 Å². The van der Waals surface area contributed by atoms with Crippen LogP contribution in [0.25, 0.3) is 32.8 Å². The number of pyridine rings is 2. The van der Waals surface area contributed by atoms with E-state index in [1.54, 1.807) is 25.5 Å². The van der Waals surface area contributed by atoms with Gasteiger partial charge in [0.15, 0.2) is 5.82 Å². The van der Waals surface area contributed by atoms with Crippen LogP contribution in [0.2, 0.25) is 0 Å². The monoisotopic (exact) mass is 564 g/mol. The minimum absolute atomic E-state index is 0.0265. The molecule has 0 saturated carbocycles. The third kappa shape index (κ3) is 4.33. The second kappa shape index (κ2) is 10.2. The molecule has 2 saturated heterocycles. The summed E-state index contributed by atoms with van der Waals surface area (Å²) >= 11 is 0. The first-order valence-corrected chi connectivity index (χ1v) is 13.7. The van der Waals surface area contributed by atoms with Crippen LogP contribution in [0.5, 0.6) is 11.6 Å². The van der Waals surface area contributed by atoms with E-state index in [2.05, 4.69) is 31.1 Å². The van der Waals surface area contributed by atoms with E-state index in [9.17, 15) is 9.50 Å². The summed E-state index contributed by atoms with van der Waals surface area (Å²) in [6.07, 6.45) is 14.1. The summed E-state index contributed by atoms with van der Waals surface area (Å²) in [6.45, 7) is 3.34. The van der Waals surface area contributed by atoms with E-state index in [0.29, 0.717) is 39.6 Å². The topological polar surface area (TPSA) is 96.3 Å². The molecule has 2 atom stereocenters. The van der Waals surface area contributed by atoms with E-state index in [0.717, 1.165) is 31.5 Å². The van der Waals surface area contributed by atoms with Crippen molar-refractivity contribution >= 4 is 27.4 Å². The number of aromatic hydroxyl groups is 1. The highest BCUT2D eigenvalue weighted by Crippen LogP contribution is 2.41. The first kappa shape index (κ1) is 26.0. The highest BCUT2D eigenvalue weighted by Gasteiger charge is 2.34. The standard InChI is InChI=1S/C32H26F2N6O2/c1-3-23-26(33)7-4-19-8-22(41)9-24(28(19)23)30-29(34)27-17(2)32(42-15-18-10-35-16-36-11-18)39-31(25(27)12-37-30)40-13-20-5-6-21(14-40)38-20/h1,4,7-12,16,20-21,38,41H,5-6,13-15H2,2H3. The fourth-order valence-electron chi connectivity index (χ4n) is 6.22. The molecule has 0 amide bonds. The fraction of sp³-hybridized carbons (Fsp3) is 0.250. The number of nitrogens with zero attached hydrogens (tertiary/aromatic N) is 5. The largest absolute Gasteiger partial charge is 0.508 e. The zero-order valence-corrected chi connectivity index (χ0v) is 22.7. The Morgan fingerprint density at radius 3 is 2.60 bits per heavy atom. The fourth-order valence-corrected chi connectivity index (χ4v) is 6.22. The molecule has 2 aliphatic rings. The van der Waals surface area contributed by atoms with Crippen LogP contribution in [0.3, 0.4) is 0 Å². The summed E-state index contributed by atoms with van der Waals surface area (Å²) in [5, 5.41) is 15.7. The predicted molar refractivity (Wildman–Crippen MR) is 155 cm³/mol. The molecule has 42 heavy (non-hydrogen) atoms. The number of piperazine rings is 1. The van der Waals surface area contributed by atoms with Crippen molar-refractivity contribution in [3.05, 3.63) is 77.5 Å². The predicted octanol–water partition coefficient (Wildman–Crippen LogP) is 5.03. The number of nitrogens with one attached hydrogen (secondary N) is 1. The number of phenolic OH excluding ortho intramolecular Hbond substituents is 1. The maximum Gasteiger partial charge on any atom is 0.219 e. The molecule has 3 aromatic heterocycles. The van der Waals surface area contributed by atoms with Crippen LogP contribution in [-0.2, 0) is 6.61 Å². The summed E-state index contributed by atoms with van der Waals surface area (Å²) in [4.78, 5) is 19.7. The van der Waals surface area contributed by atoms with E-state index >= 15 is 4.39 Å². The number of terminal acetylenes is 1. The number of hydrogen-bond acceptors (Lipinski definition) is 8. The van der Waals surface area contributed by atoms with Crippen molar-refractivity contribution in [1.29, 1.82) is 0 Å². The quantitative estimate of drug-likeness (QED) is 0.287. The van der Waals surface area contributed by atoms with Gasteiger partial charge in [-0.3, -0.25) is 4.98 Å². The maximum atomic E-state index is 16.8. The first-order chi connectivity index (χ1) is 20.4. The summed E-state index contributed by atoms with van der Waals surface area (Å²) < 4.78 is 37.8. The third-order valence-electron chi connectivity index (χ3n) is 8.12. The number of aromatic nitrogens is 4. The summed E-state index contributed by atoms with van der Waals surface area (Å²) in [5.74, 6) is 1.87. The average molecular weight is 565 g/mol. The Bertz CT molecular complexity index is 1900. The molecule has 2 unspecified atom stereocenters. The first-order valence-electron chi connectivity index (χ1n) is 13.7. The van der Waals surface area contributed by atoms with Crippen LogP contribution in [0.4, 0.5) is 14.6 Å². The second-order valence-electron chi connectivity index (χ2n) is 10.8. The van der Waals surface area contributed by atoms with Gasteiger partial charge in [0.2, 0.25) is 5.88 Å². The van der Waals surface area contributed by atoms with Gasteiger partial charge >= 0.3 is 0 Å². The van der Waals surface area contributed by atoms with Gasteiger partial charge in [0.1, 0.15) is 36.0 Å². The number of fused-ring (bicyclic) bond motifs is 4. The molecule has 0 radical (unpaired) electrons. The molecule has 2 N–H and O–H groups in total. The molecule has 8 nitrogen and oxygen atoms in total. The van der Waals surface area contributed by atoms with Crippen molar-refractivity contribution in [2.75, 3.05) is 18.0 Å². The van der Waals surface area contributed by atoms with Gasteiger partial charge in [-0.1, -0.05) is 12.0 Å². The van der Waals surface area contributed by atoms with Crippen LogP contribution < -0.4 is 15.0 Å². The van der Waals surface area contributed by atoms with Crippen molar-refractivity contribution in [3.8, 4) is 35.2 Å². The Morgan fingerprint density at radius 2 is 1.86 bits per heavy atom. The molecule has 0 aliphatic carbocycles. The molecule has 2 bridgehead atoms. The maximum absolute atomic E-state index is 16.8. The van der Waals surface area contributed by atoms with E-state index in [1.807, 2.05) is 0 Å². The highest BCUT2D eigenvalue weighted by atomic mass is 19.1. The van der Waals surface area contributed by atoms with Crippen molar-refractivity contribution in [2.24, 2.45) is 0 Å². The molecule has 5 aromatic rings. The van der Waals surface area contributed by atoms with E-state index in [4.69, 9.17) is 16.1 Å². The molecule has 0 spiro atoms. The molecule has 210 valence electrons.